The molecule has 0 aliphatic carbocycles. The van der Waals surface area contributed by atoms with Crippen molar-refractivity contribution in [2.75, 3.05) is 23.9 Å². The van der Waals surface area contributed by atoms with Gasteiger partial charge in [-0.15, -0.1) is 0 Å². The average molecular weight is 345 g/mol. The van der Waals surface area contributed by atoms with E-state index in [0.29, 0.717) is 35.0 Å². The average Bonchev–Trinajstić information content (AvgIpc) is 2.58. The number of aryl methyl sites for hydroxylation is 1. The number of carbonyl (C=O) groups is 2. The van der Waals surface area contributed by atoms with E-state index in [0.717, 1.165) is 5.56 Å². The van der Waals surface area contributed by atoms with Crippen molar-refractivity contribution in [3.63, 3.8) is 0 Å². The van der Waals surface area contributed by atoms with Crippen molar-refractivity contribution in [1.82, 2.24) is 0 Å². The monoisotopic (exact) mass is 344 g/mol. The molecular formula is C18H17ClN2O3. The number of fused-ring (bicyclic) bond motifs is 1. The molecule has 1 N–H and O–H groups in total. The maximum Gasteiger partial charge on any atom is 0.264 e. The molecule has 0 bridgehead atoms. The molecule has 1 heterocycles. The molecule has 0 fully saturated rings. The molecule has 0 saturated heterocycles. The Bertz CT molecular complexity index is 792. The van der Waals surface area contributed by atoms with E-state index in [2.05, 4.69) is 5.32 Å². The van der Waals surface area contributed by atoms with E-state index in [-0.39, 0.29) is 18.4 Å². The van der Waals surface area contributed by atoms with Crippen molar-refractivity contribution in [1.29, 1.82) is 0 Å². The van der Waals surface area contributed by atoms with Gasteiger partial charge in [-0.3, -0.25) is 9.59 Å². The van der Waals surface area contributed by atoms with Crippen LogP contribution < -0.4 is 15.0 Å². The molecule has 1 aliphatic heterocycles. The number of carbonyl (C=O) groups excluding carboxylic acids is 2. The van der Waals surface area contributed by atoms with Gasteiger partial charge in [0.2, 0.25) is 5.91 Å². The number of benzene rings is 2. The molecular weight excluding hydrogens is 328 g/mol. The molecule has 1 aliphatic rings. The number of nitrogens with zero attached hydrogens (tertiary/aromatic N) is 1. The number of likely N-dealkylation sites (N-methyl/N-ethyl adjacent to an activating group) is 1. The summed E-state index contributed by atoms with van der Waals surface area (Å²) in [7, 11) is 1.69. The van der Waals surface area contributed by atoms with Gasteiger partial charge in [0, 0.05) is 18.5 Å². The lowest BCUT2D eigenvalue weighted by Gasteiger charge is -2.27. The highest BCUT2D eigenvalue weighted by molar-refractivity contribution is 6.31. The lowest BCUT2D eigenvalue weighted by atomic mass is 10.1. The Morgan fingerprint density at radius 3 is 2.83 bits per heavy atom. The van der Waals surface area contributed by atoms with Gasteiger partial charge in [-0.2, -0.15) is 0 Å². The SMILES string of the molecule is CN1C(=O)COc2c(NC(=O)CCc3ccccc3Cl)cccc21. The van der Waals surface area contributed by atoms with E-state index in [1.165, 1.54) is 4.90 Å². The third-order valence-electron chi connectivity index (χ3n) is 3.92. The Hall–Kier alpha value is -2.53. The smallest absolute Gasteiger partial charge is 0.264 e. The first kappa shape index (κ1) is 16.3. The number of hydrogen-bond acceptors (Lipinski definition) is 3. The molecule has 0 unspecified atom stereocenters. The van der Waals surface area contributed by atoms with E-state index < -0.39 is 0 Å². The first-order valence-electron chi connectivity index (χ1n) is 7.62. The number of para-hydroxylation sites is 1. The highest BCUT2D eigenvalue weighted by atomic mass is 35.5. The zero-order valence-corrected chi connectivity index (χ0v) is 14.0. The van der Waals surface area contributed by atoms with Gasteiger partial charge in [-0.25, -0.2) is 0 Å². The van der Waals surface area contributed by atoms with E-state index in [1.54, 1.807) is 25.2 Å². The Labute approximate surface area is 145 Å². The fourth-order valence-corrected chi connectivity index (χ4v) is 2.80. The second-order valence-electron chi connectivity index (χ2n) is 5.53. The first-order chi connectivity index (χ1) is 11.6. The first-order valence-corrected chi connectivity index (χ1v) is 7.99. The van der Waals surface area contributed by atoms with Crippen LogP contribution in [0.3, 0.4) is 0 Å². The van der Waals surface area contributed by atoms with Crippen LogP contribution in [-0.2, 0) is 16.0 Å². The van der Waals surface area contributed by atoms with Crippen molar-refractivity contribution in [2.45, 2.75) is 12.8 Å². The summed E-state index contributed by atoms with van der Waals surface area (Å²) in [6.07, 6.45) is 0.863. The minimum absolute atomic E-state index is 0.0317. The Morgan fingerprint density at radius 2 is 2.04 bits per heavy atom. The van der Waals surface area contributed by atoms with Crippen molar-refractivity contribution in [3.8, 4) is 5.75 Å². The largest absolute Gasteiger partial charge is 0.479 e. The van der Waals surface area contributed by atoms with E-state index in [4.69, 9.17) is 16.3 Å². The van der Waals surface area contributed by atoms with Crippen LogP contribution in [0, 0.1) is 0 Å². The zero-order valence-electron chi connectivity index (χ0n) is 13.2. The zero-order chi connectivity index (χ0) is 17.1. The molecule has 0 spiro atoms. The van der Waals surface area contributed by atoms with Crippen LogP contribution in [0.2, 0.25) is 5.02 Å². The van der Waals surface area contributed by atoms with Crippen molar-refractivity contribution < 1.29 is 14.3 Å². The Morgan fingerprint density at radius 1 is 1.25 bits per heavy atom. The van der Waals surface area contributed by atoms with Crippen LogP contribution in [0.15, 0.2) is 42.5 Å². The van der Waals surface area contributed by atoms with Gasteiger partial charge in [-0.05, 0) is 30.2 Å². The number of anilines is 2. The molecule has 2 amide bonds. The predicted molar refractivity (Wildman–Crippen MR) is 93.7 cm³/mol. The predicted octanol–water partition coefficient (Wildman–Crippen LogP) is 3.27. The van der Waals surface area contributed by atoms with Crippen LogP contribution in [-0.4, -0.2) is 25.5 Å². The number of ether oxygens (including phenoxy) is 1. The van der Waals surface area contributed by atoms with Crippen molar-refractivity contribution >= 4 is 34.8 Å². The molecule has 24 heavy (non-hydrogen) atoms. The summed E-state index contributed by atoms with van der Waals surface area (Å²) in [5.74, 6) is 0.266. The van der Waals surface area contributed by atoms with Gasteiger partial charge in [0.15, 0.2) is 12.4 Å². The standard InChI is InChI=1S/C18H17ClN2O3/c1-21-15-8-4-7-14(18(15)24-11-17(21)23)20-16(22)10-9-12-5-2-3-6-13(12)19/h2-8H,9-11H2,1H3,(H,20,22). The van der Waals surface area contributed by atoms with Gasteiger partial charge < -0.3 is 15.0 Å². The molecule has 0 radical (unpaired) electrons. The molecule has 2 aromatic carbocycles. The van der Waals surface area contributed by atoms with Crippen LogP contribution in [0.5, 0.6) is 5.75 Å². The molecule has 0 saturated carbocycles. The fraction of sp³-hybridized carbons (Fsp3) is 0.222. The summed E-state index contributed by atoms with van der Waals surface area (Å²) < 4.78 is 5.49. The van der Waals surface area contributed by atoms with E-state index in [1.807, 2.05) is 24.3 Å². The Kier molecular flexibility index (Phi) is 4.71. The second-order valence-corrected chi connectivity index (χ2v) is 5.94. The summed E-state index contributed by atoms with van der Waals surface area (Å²) in [6, 6.07) is 12.8. The van der Waals surface area contributed by atoms with Gasteiger partial charge in [-0.1, -0.05) is 35.9 Å². The number of amides is 2. The maximum atomic E-state index is 12.2. The van der Waals surface area contributed by atoms with Gasteiger partial charge in [0.25, 0.3) is 5.91 Å². The van der Waals surface area contributed by atoms with Gasteiger partial charge in [0.1, 0.15) is 0 Å². The molecule has 5 nitrogen and oxygen atoms in total. The summed E-state index contributed by atoms with van der Waals surface area (Å²) >= 11 is 6.10. The van der Waals surface area contributed by atoms with Crippen molar-refractivity contribution in [3.05, 3.63) is 53.1 Å². The van der Waals surface area contributed by atoms with Crippen molar-refractivity contribution in [2.24, 2.45) is 0 Å². The lowest BCUT2D eigenvalue weighted by Crippen LogP contribution is -2.35. The fourth-order valence-electron chi connectivity index (χ4n) is 2.57. The van der Waals surface area contributed by atoms with Crippen LogP contribution in [0.1, 0.15) is 12.0 Å². The lowest BCUT2D eigenvalue weighted by molar-refractivity contribution is -0.121. The third-order valence-corrected chi connectivity index (χ3v) is 4.29. The molecule has 3 rings (SSSR count). The summed E-state index contributed by atoms with van der Waals surface area (Å²) in [4.78, 5) is 25.4. The summed E-state index contributed by atoms with van der Waals surface area (Å²) in [5.41, 5.74) is 2.15. The minimum Gasteiger partial charge on any atom is -0.479 e. The molecule has 0 aromatic heterocycles. The normalized spacial score (nSPS) is 13.2. The second kappa shape index (κ2) is 6.93. The van der Waals surface area contributed by atoms with E-state index >= 15 is 0 Å². The summed E-state index contributed by atoms with van der Waals surface area (Å²) in [5, 5.41) is 3.51. The topological polar surface area (TPSA) is 58.6 Å². The maximum absolute atomic E-state index is 12.2. The number of nitrogens with one attached hydrogen (secondary N) is 1. The van der Waals surface area contributed by atoms with Crippen LogP contribution in [0.25, 0.3) is 0 Å². The third kappa shape index (κ3) is 3.36. The van der Waals surface area contributed by atoms with Gasteiger partial charge >= 0.3 is 0 Å². The Balaban J connectivity index is 1.69. The number of hydrogen-bond donors (Lipinski definition) is 1. The number of rotatable bonds is 4. The molecule has 0 atom stereocenters. The molecule has 124 valence electrons. The van der Waals surface area contributed by atoms with E-state index in [9.17, 15) is 9.59 Å². The molecule has 2 aromatic rings. The molecule has 6 heteroatoms. The minimum atomic E-state index is -0.133. The van der Waals surface area contributed by atoms with Crippen LogP contribution in [0.4, 0.5) is 11.4 Å². The van der Waals surface area contributed by atoms with Crippen LogP contribution >= 0.6 is 11.6 Å². The highest BCUT2D eigenvalue weighted by Crippen LogP contribution is 2.38. The quantitative estimate of drug-likeness (QED) is 0.926. The number of halogens is 1. The summed E-state index contributed by atoms with van der Waals surface area (Å²) in [6.45, 7) is -0.0317. The van der Waals surface area contributed by atoms with Gasteiger partial charge in [0.05, 0.1) is 11.4 Å². The highest BCUT2D eigenvalue weighted by Gasteiger charge is 2.24.